The highest BCUT2D eigenvalue weighted by molar-refractivity contribution is 5.64. The van der Waals surface area contributed by atoms with E-state index in [1.54, 1.807) is 6.08 Å². The van der Waals surface area contributed by atoms with E-state index in [0.717, 1.165) is 25.7 Å². The van der Waals surface area contributed by atoms with Crippen molar-refractivity contribution in [2.45, 2.75) is 51.1 Å². The molecule has 0 amide bonds. The van der Waals surface area contributed by atoms with Crippen molar-refractivity contribution in [2.75, 3.05) is 6.61 Å². The molecule has 0 aliphatic heterocycles. The van der Waals surface area contributed by atoms with Crippen LogP contribution in [-0.2, 0) is 28.5 Å². The number of alkyl halides is 6. The van der Waals surface area contributed by atoms with Gasteiger partial charge in [-0.1, -0.05) is 18.9 Å². The van der Waals surface area contributed by atoms with Gasteiger partial charge in [-0.05, 0) is 49.1 Å². The van der Waals surface area contributed by atoms with Gasteiger partial charge in [0.15, 0.2) is 0 Å². The molecule has 0 aliphatic rings. The number of ether oxygens (including phenoxy) is 1. The van der Waals surface area contributed by atoms with Gasteiger partial charge < -0.3 is 4.74 Å². The Morgan fingerprint density at radius 3 is 1.96 bits per heavy atom. The molecule has 0 aromatic heterocycles. The molecule has 1 aromatic rings. The summed E-state index contributed by atoms with van der Waals surface area (Å²) in [6, 6.07) is 1.45. The highest BCUT2D eigenvalue weighted by Crippen LogP contribution is 2.36. The van der Waals surface area contributed by atoms with Crippen molar-refractivity contribution in [3.05, 3.63) is 47.0 Å². The van der Waals surface area contributed by atoms with Gasteiger partial charge >= 0.3 is 12.4 Å². The summed E-state index contributed by atoms with van der Waals surface area (Å²) < 4.78 is 81.7. The van der Waals surface area contributed by atoms with Crippen LogP contribution in [0.25, 0.3) is 0 Å². The average Bonchev–Trinajstić information content (AvgIpc) is 2.54. The Bertz CT molecular complexity index is 558. The van der Waals surface area contributed by atoms with Crippen molar-refractivity contribution in [3.8, 4) is 0 Å². The molecule has 0 aliphatic carbocycles. The zero-order chi connectivity index (χ0) is 19.6. The van der Waals surface area contributed by atoms with Crippen molar-refractivity contribution < 1.29 is 35.9 Å². The first-order valence-corrected chi connectivity index (χ1v) is 8.11. The molecule has 0 fully saturated rings. The second kappa shape index (κ2) is 10.4. The minimum absolute atomic E-state index is 0.0998. The third-order valence-electron chi connectivity index (χ3n) is 3.54. The molecule has 0 spiro atoms. The Kier molecular flexibility index (Phi) is 8.84. The quantitative estimate of drug-likeness (QED) is 0.216. The summed E-state index contributed by atoms with van der Waals surface area (Å²) in [6.45, 7) is -0.0587. The normalized spacial score (nSPS) is 12.7. The van der Waals surface area contributed by atoms with E-state index < -0.39 is 23.5 Å². The van der Waals surface area contributed by atoms with Crippen LogP contribution in [0.2, 0.25) is 0 Å². The van der Waals surface area contributed by atoms with Crippen LogP contribution in [0.5, 0.6) is 0 Å². The Morgan fingerprint density at radius 1 is 0.846 bits per heavy atom. The van der Waals surface area contributed by atoms with Crippen molar-refractivity contribution in [1.29, 1.82) is 0 Å². The fourth-order valence-corrected chi connectivity index (χ4v) is 2.26. The topological polar surface area (TPSA) is 26.3 Å². The van der Waals surface area contributed by atoms with E-state index in [1.807, 2.05) is 0 Å². The predicted octanol–water partition coefficient (Wildman–Crippen LogP) is 5.95. The van der Waals surface area contributed by atoms with Gasteiger partial charge in [-0.3, -0.25) is 4.79 Å². The van der Waals surface area contributed by atoms with Gasteiger partial charge in [0.05, 0.1) is 17.7 Å². The number of halogens is 6. The molecule has 2 nitrogen and oxygen atoms in total. The number of rotatable bonds is 10. The summed E-state index contributed by atoms with van der Waals surface area (Å²) >= 11 is 0. The van der Waals surface area contributed by atoms with Gasteiger partial charge in [0.2, 0.25) is 0 Å². The van der Waals surface area contributed by atoms with Crippen LogP contribution in [0.15, 0.2) is 30.4 Å². The van der Waals surface area contributed by atoms with Crippen molar-refractivity contribution >= 4 is 6.29 Å². The fraction of sp³-hybridized carbons (Fsp3) is 0.500. The standard InChI is InChI=1S/C18H20F6O2/c19-17(20,21)15-10-14(11-16(12-15)18(22,23)24)13-26-9-7-5-3-1-2-4-6-8-25/h4,6,8,10-12H,1-3,5,7,9,13H2. The molecule has 0 saturated heterocycles. The molecule has 0 heterocycles. The van der Waals surface area contributed by atoms with E-state index >= 15 is 0 Å². The Balaban J connectivity index is 2.47. The van der Waals surface area contributed by atoms with Crippen molar-refractivity contribution in [1.82, 2.24) is 0 Å². The van der Waals surface area contributed by atoms with Crippen LogP contribution < -0.4 is 0 Å². The van der Waals surface area contributed by atoms with Crippen molar-refractivity contribution in [2.24, 2.45) is 0 Å². The average molecular weight is 382 g/mol. The van der Waals surface area contributed by atoms with E-state index in [9.17, 15) is 31.1 Å². The maximum atomic E-state index is 12.7. The highest BCUT2D eigenvalue weighted by Gasteiger charge is 2.36. The summed E-state index contributed by atoms with van der Waals surface area (Å²) in [5.41, 5.74) is -2.84. The molecule has 0 bridgehead atoms. The number of hydrogen-bond acceptors (Lipinski definition) is 2. The fourth-order valence-electron chi connectivity index (χ4n) is 2.26. The van der Waals surface area contributed by atoms with E-state index in [0.29, 0.717) is 24.8 Å². The van der Waals surface area contributed by atoms with Crippen molar-refractivity contribution in [3.63, 3.8) is 0 Å². The summed E-state index contributed by atoms with van der Waals surface area (Å²) in [6.07, 6.45) is -1.77. The van der Waals surface area contributed by atoms with Crippen LogP contribution in [0.3, 0.4) is 0 Å². The lowest BCUT2D eigenvalue weighted by atomic mass is 10.1. The summed E-state index contributed by atoms with van der Waals surface area (Å²) in [4.78, 5) is 10.1. The lowest BCUT2D eigenvalue weighted by Crippen LogP contribution is -2.12. The maximum absolute atomic E-state index is 12.7. The van der Waals surface area contributed by atoms with Crippen LogP contribution in [0.1, 0.15) is 48.8 Å². The molecule has 0 saturated carbocycles. The molecule has 8 heteroatoms. The number of allylic oxidation sites excluding steroid dienone is 2. The summed E-state index contributed by atoms with van der Waals surface area (Å²) in [5, 5.41) is 0. The van der Waals surface area contributed by atoms with Gasteiger partial charge in [0.25, 0.3) is 0 Å². The molecule has 0 radical (unpaired) electrons. The van der Waals surface area contributed by atoms with E-state index in [1.165, 1.54) is 6.08 Å². The molecule has 0 N–H and O–H groups in total. The van der Waals surface area contributed by atoms with E-state index in [4.69, 9.17) is 4.74 Å². The number of aldehydes is 1. The highest BCUT2D eigenvalue weighted by atomic mass is 19.4. The summed E-state index contributed by atoms with van der Waals surface area (Å²) in [5.74, 6) is 0. The first-order chi connectivity index (χ1) is 12.1. The molecule has 146 valence electrons. The van der Waals surface area contributed by atoms with E-state index in [-0.39, 0.29) is 24.8 Å². The minimum atomic E-state index is -4.85. The van der Waals surface area contributed by atoms with E-state index in [2.05, 4.69) is 0 Å². The second-order valence-corrected chi connectivity index (χ2v) is 5.73. The largest absolute Gasteiger partial charge is 0.416 e. The molecule has 0 atom stereocenters. The van der Waals surface area contributed by atoms with Gasteiger partial charge in [0, 0.05) is 6.61 Å². The number of hydrogen-bond donors (Lipinski definition) is 0. The number of carbonyl (C=O) groups is 1. The van der Waals surface area contributed by atoms with Crippen LogP contribution in [-0.4, -0.2) is 12.9 Å². The molecule has 26 heavy (non-hydrogen) atoms. The minimum Gasteiger partial charge on any atom is -0.377 e. The van der Waals surface area contributed by atoms with Gasteiger partial charge in [-0.2, -0.15) is 26.3 Å². The second-order valence-electron chi connectivity index (χ2n) is 5.73. The number of benzene rings is 1. The number of unbranched alkanes of at least 4 members (excludes halogenated alkanes) is 4. The first kappa shape index (κ1) is 22.2. The zero-order valence-corrected chi connectivity index (χ0v) is 14.0. The molecular formula is C18H20F6O2. The smallest absolute Gasteiger partial charge is 0.377 e. The zero-order valence-electron chi connectivity index (χ0n) is 14.0. The lowest BCUT2D eigenvalue weighted by molar-refractivity contribution is -0.143. The Morgan fingerprint density at radius 2 is 1.42 bits per heavy atom. The maximum Gasteiger partial charge on any atom is 0.416 e. The third-order valence-corrected chi connectivity index (χ3v) is 3.54. The van der Waals surface area contributed by atoms with Gasteiger partial charge in [-0.25, -0.2) is 0 Å². The Labute approximate surface area is 147 Å². The third kappa shape index (κ3) is 8.51. The predicted molar refractivity (Wildman–Crippen MR) is 84.4 cm³/mol. The summed E-state index contributed by atoms with van der Waals surface area (Å²) in [7, 11) is 0. The lowest BCUT2D eigenvalue weighted by Gasteiger charge is -2.14. The van der Waals surface area contributed by atoms with Gasteiger partial charge in [0.1, 0.15) is 6.29 Å². The number of carbonyl (C=O) groups excluding carboxylic acids is 1. The van der Waals surface area contributed by atoms with Gasteiger partial charge in [-0.15, -0.1) is 0 Å². The van der Waals surface area contributed by atoms with Crippen LogP contribution in [0.4, 0.5) is 26.3 Å². The molecule has 0 unspecified atom stereocenters. The molecular weight excluding hydrogens is 362 g/mol. The Hall–Kier alpha value is -1.83. The first-order valence-electron chi connectivity index (χ1n) is 8.11. The SMILES string of the molecule is O=CC=CCCCCCCOCc1cc(C(F)(F)F)cc(C(F)(F)F)c1. The van der Waals surface area contributed by atoms with Crippen LogP contribution >= 0.6 is 0 Å². The molecule has 1 rings (SSSR count). The van der Waals surface area contributed by atoms with Crippen LogP contribution in [0, 0.1) is 0 Å². The molecule has 1 aromatic carbocycles. The monoisotopic (exact) mass is 382 g/mol.